The largest absolute Gasteiger partial charge is 0.488 e. The number of benzene rings is 1. The standard InChI is InChI=1S/C15H20NO/c1-5-17-13-10-12-8-6-7-9-14(12)16(11-13)15(2,3)4/h6-11H,5H2,1-4H3/q+1. The van der Waals surface area contributed by atoms with Crippen LogP contribution in [0.15, 0.2) is 36.5 Å². The fourth-order valence-corrected chi connectivity index (χ4v) is 2.02. The average molecular weight is 230 g/mol. The van der Waals surface area contributed by atoms with Crippen LogP contribution in [0.1, 0.15) is 27.7 Å². The molecule has 0 atom stereocenters. The van der Waals surface area contributed by atoms with Crippen molar-refractivity contribution in [2.24, 2.45) is 0 Å². The monoisotopic (exact) mass is 230 g/mol. The highest BCUT2D eigenvalue weighted by molar-refractivity contribution is 5.76. The van der Waals surface area contributed by atoms with Crippen LogP contribution in [0.25, 0.3) is 10.9 Å². The second-order valence-electron chi connectivity index (χ2n) is 5.21. The van der Waals surface area contributed by atoms with Crippen molar-refractivity contribution in [2.75, 3.05) is 6.61 Å². The summed E-state index contributed by atoms with van der Waals surface area (Å²) in [6, 6.07) is 10.5. The molecule has 2 heteroatoms. The normalized spacial score (nSPS) is 11.8. The molecule has 2 nitrogen and oxygen atoms in total. The first-order valence-electron chi connectivity index (χ1n) is 6.10. The third kappa shape index (κ3) is 2.41. The van der Waals surface area contributed by atoms with Gasteiger partial charge in [0.15, 0.2) is 11.3 Å². The lowest BCUT2D eigenvalue weighted by Crippen LogP contribution is -2.50. The summed E-state index contributed by atoms with van der Waals surface area (Å²) in [6.07, 6.45) is 2.09. The lowest BCUT2D eigenvalue weighted by Gasteiger charge is -2.16. The fraction of sp³-hybridized carbons (Fsp3) is 0.400. The lowest BCUT2D eigenvalue weighted by atomic mass is 10.1. The van der Waals surface area contributed by atoms with Gasteiger partial charge in [-0.05, 0) is 13.0 Å². The summed E-state index contributed by atoms with van der Waals surface area (Å²) in [5.41, 5.74) is 1.29. The Labute approximate surface area is 103 Å². The van der Waals surface area contributed by atoms with Crippen LogP contribution in [-0.2, 0) is 5.54 Å². The molecular weight excluding hydrogens is 210 g/mol. The lowest BCUT2D eigenvalue weighted by molar-refractivity contribution is -0.730. The van der Waals surface area contributed by atoms with Crippen LogP contribution < -0.4 is 9.30 Å². The number of nitrogens with zero attached hydrogens (tertiary/aromatic N) is 1. The number of aromatic nitrogens is 1. The third-order valence-electron chi connectivity index (χ3n) is 2.78. The van der Waals surface area contributed by atoms with Crippen molar-refractivity contribution in [1.82, 2.24) is 0 Å². The van der Waals surface area contributed by atoms with E-state index in [1.807, 2.05) is 6.92 Å². The molecule has 90 valence electrons. The van der Waals surface area contributed by atoms with Gasteiger partial charge in [0.25, 0.3) is 0 Å². The Hall–Kier alpha value is -1.57. The Morgan fingerprint density at radius 2 is 1.88 bits per heavy atom. The van der Waals surface area contributed by atoms with E-state index in [2.05, 4.69) is 61.9 Å². The Balaban J connectivity index is 2.69. The van der Waals surface area contributed by atoms with E-state index >= 15 is 0 Å². The summed E-state index contributed by atoms with van der Waals surface area (Å²) >= 11 is 0. The van der Waals surface area contributed by atoms with Crippen molar-refractivity contribution < 1.29 is 9.30 Å². The number of fused-ring (bicyclic) bond motifs is 1. The minimum Gasteiger partial charge on any atom is -0.488 e. The second kappa shape index (κ2) is 4.36. The fourth-order valence-electron chi connectivity index (χ4n) is 2.02. The molecule has 0 saturated carbocycles. The summed E-state index contributed by atoms with van der Waals surface area (Å²) < 4.78 is 7.90. The zero-order valence-corrected chi connectivity index (χ0v) is 11.0. The minimum absolute atomic E-state index is 0.0483. The topological polar surface area (TPSA) is 13.1 Å². The molecule has 0 unspecified atom stereocenters. The summed E-state index contributed by atoms with van der Waals surface area (Å²) in [4.78, 5) is 0. The van der Waals surface area contributed by atoms with Gasteiger partial charge < -0.3 is 4.74 Å². The maximum Gasteiger partial charge on any atom is 0.213 e. The molecule has 1 heterocycles. The summed E-state index contributed by atoms with van der Waals surface area (Å²) in [5, 5.41) is 1.22. The van der Waals surface area contributed by atoms with E-state index in [-0.39, 0.29) is 5.54 Å². The Morgan fingerprint density at radius 3 is 2.53 bits per heavy atom. The molecule has 1 aromatic carbocycles. The molecule has 2 aromatic rings. The van der Waals surface area contributed by atoms with E-state index in [0.717, 1.165) is 5.75 Å². The zero-order chi connectivity index (χ0) is 12.5. The molecule has 0 spiro atoms. The van der Waals surface area contributed by atoms with Gasteiger partial charge in [-0.3, -0.25) is 0 Å². The van der Waals surface area contributed by atoms with Crippen LogP contribution in [0, 0.1) is 0 Å². The van der Waals surface area contributed by atoms with E-state index in [0.29, 0.717) is 6.61 Å². The first-order valence-corrected chi connectivity index (χ1v) is 6.10. The van der Waals surface area contributed by atoms with Gasteiger partial charge in [0.2, 0.25) is 11.7 Å². The van der Waals surface area contributed by atoms with E-state index < -0.39 is 0 Å². The van der Waals surface area contributed by atoms with Crippen molar-refractivity contribution in [1.29, 1.82) is 0 Å². The van der Waals surface area contributed by atoms with E-state index in [1.165, 1.54) is 10.9 Å². The van der Waals surface area contributed by atoms with Crippen LogP contribution in [0.5, 0.6) is 5.75 Å². The maximum absolute atomic E-state index is 5.63. The molecule has 2 rings (SSSR count). The predicted octanol–water partition coefficient (Wildman–Crippen LogP) is 3.28. The first kappa shape index (κ1) is 11.9. The summed E-state index contributed by atoms with van der Waals surface area (Å²) in [7, 11) is 0. The molecule has 0 bridgehead atoms. The van der Waals surface area contributed by atoms with Crippen molar-refractivity contribution >= 4 is 10.9 Å². The second-order valence-corrected chi connectivity index (χ2v) is 5.21. The molecule has 0 radical (unpaired) electrons. The molecule has 0 amide bonds. The third-order valence-corrected chi connectivity index (χ3v) is 2.78. The van der Waals surface area contributed by atoms with Gasteiger partial charge in [-0.2, -0.15) is 4.57 Å². The van der Waals surface area contributed by atoms with E-state index in [1.54, 1.807) is 0 Å². The van der Waals surface area contributed by atoms with Gasteiger partial charge in [-0.1, -0.05) is 12.1 Å². The van der Waals surface area contributed by atoms with Gasteiger partial charge in [0.1, 0.15) is 0 Å². The van der Waals surface area contributed by atoms with E-state index in [9.17, 15) is 0 Å². The highest BCUT2D eigenvalue weighted by atomic mass is 16.5. The molecule has 0 N–H and O–H groups in total. The van der Waals surface area contributed by atoms with Crippen LogP contribution in [-0.4, -0.2) is 6.61 Å². The van der Waals surface area contributed by atoms with Crippen LogP contribution in [0.3, 0.4) is 0 Å². The van der Waals surface area contributed by atoms with Gasteiger partial charge in [0, 0.05) is 32.9 Å². The summed E-state index contributed by atoms with van der Waals surface area (Å²) in [5.74, 6) is 0.932. The smallest absolute Gasteiger partial charge is 0.213 e. The Kier molecular flexibility index (Phi) is 3.05. The van der Waals surface area contributed by atoms with Crippen molar-refractivity contribution in [2.45, 2.75) is 33.2 Å². The highest BCUT2D eigenvalue weighted by Crippen LogP contribution is 2.20. The van der Waals surface area contributed by atoms with Gasteiger partial charge in [-0.25, -0.2) is 0 Å². The molecule has 0 aliphatic carbocycles. The highest BCUT2D eigenvalue weighted by Gasteiger charge is 2.25. The maximum atomic E-state index is 5.63. The zero-order valence-electron chi connectivity index (χ0n) is 11.0. The Bertz CT molecular complexity index is 526. The van der Waals surface area contributed by atoms with Gasteiger partial charge >= 0.3 is 0 Å². The number of pyridine rings is 1. The van der Waals surface area contributed by atoms with Gasteiger partial charge in [-0.15, -0.1) is 0 Å². The molecule has 0 fully saturated rings. The average Bonchev–Trinajstić information content (AvgIpc) is 2.27. The predicted molar refractivity (Wildman–Crippen MR) is 70.3 cm³/mol. The number of hydrogen-bond acceptors (Lipinski definition) is 1. The molecule has 17 heavy (non-hydrogen) atoms. The molecular formula is C15H20NO+. The first-order chi connectivity index (χ1) is 8.02. The minimum atomic E-state index is 0.0483. The molecule has 1 aromatic heterocycles. The number of para-hydroxylation sites is 1. The molecule has 0 saturated heterocycles. The number of hydrogen-bond donors (Lipinski definition) is 0. The number of ether oxygens (including phenoxy) is 1. The summed E-state index contributed by atoms with van der Waals surface area (Å²) in [6.45, 7) is 9.32. The van der Waals surface area contributed by atoms with Gasteiger partial charge in [0.05, 0.1) is 12.0 Å². The van der Waals surface area contributed by atoms with Crippen LogP contribution in [0.4, 0.5) is 0 Å². The van der Waals surface area contributed by atoms with Crippen LogP contribution >= 0.6 is 0 Å². The Morgan fingerprint density at radius 1 is 1.18 bits per heavy atom. The van der Waals surface area contributed by atoms with Crippen molar-refractivity contribution in [3.8, 4) is 5.75 Å². The van der Waals surface area contributed by atoms with Crippen molar-refractivity contribution in [3.63, 3.8) is 0 Å². The van der Waals surface area contributed by atoms with Crippen molar-refractivity contribution in [3.05, 3.63) is 36.5 Å². The SMILES string of the molecule is CCOc1cc2ccccc2[n+](C(C)(C)C)c1. The quantitative estimate of drug-likeness (QED) is 0.722. The number of rotatable bonds is 2. The van der Waals surface area contributed by atoms with Crippen LogP contribution in [0.2, 0.25) is 0 Å². The molecule has 0 aliphatic rings. The molecule has 0 aliphatic heterocycles. The van der Waals surface area contributed by atoms with E-state index in [4.69, 9.17) is 4.74 Å².